The van der Waals surface area contributed by atoms with E-state index in [0.717, 1.165) is 0 Å². The van der Waals surface area contributed by atoms with Crippen LogP contribution in [0.5, 0.6) is 0 Å². The number of aliphatic carboxylic acids is 2. The molecule has 0 aromatic carbocycles. The van der Waals surface area contributed by atoms with Crippen molar-refractivity contribution in [3.8, 4) is 0 Å². The summed E-state index contributed by atoms with van der Waals surface area (Å²) in [6.07, 6.45) is -0.224. The van der Waals surface area contributed by atoms with Gasteiger partial charge in [0.15, 0.2) is 0 Å². The molecule has 11 heavy (non-hydrogen) atoms. The molecular formula is C5H11BaNO4. The summed E-state index contributed by atoms with van der Waals surface area (Å²) in [7, 11) is 0. The summed E-state index contributed by atoms with van der Waals surface area (Å²) in [6, 6.07) is -1.06. The molecule has 6 heteroatoms. The summed E-state index contributed by atoms with van der Waals surface area (Å²) >= 11 is 0. The number of carboxylic acids is 2. The van der Waals surface area contributed by atoms with E-state index in [-0.39, 0.29) is 61.7 Å². The molecule has 0 unspecified atom stereocenters. The minimum atomic E-state index is -1.17. The molecule has 0 aliphatic carbocycles. The molecule has 0 fully saturated rings. The van der Waals surface area contributed by atoms with Crippen molar-refractivity contribution in [2.24, 2.45) is 5.73 Å². The van der Waals surface area contributed by atoms with Crippen LogP contribution < -0.4 is 5.73 Å². The summed E-state index contributed by atoms with van der Waals surface area (Å²) in [5, 5.41) is 16.3. The molecule has 0 spiro atoms. The van der Waals surface area contributed by atoms with Crippen LogP contribution in [0.1, 0.15) is 12.8 Å². The Kier molecular flexibility index (Phi) is 9.10. The monoisotopic (exact) mass is 287 g/mol. The van der Waals surface area contributed by atoms with Crippen LogP contribution in [0.2, 0.25) is 0 Å². The van der Waals surface area contributed by atoms with Gasteiger partial charge in [-0.25, -0.2) is 0 Å². The Hall–Kier alpha value is 0.471. The molecule has 5 nitrogen and oxygen atoms in total. The molecule has 0 aliphatic heterocycles. The number of carbonyl (C=O) groups is 2. The van der Waals surface area contributed by atoms with E-state index < -0.39 is 18.0 Å². The van der Waals surface area contributed by atoms with Crippen LogP contribution >= 0.6 is 0 Å². The van der Waals surface area contributed by atoms with E-state index in [2.05, 4.69) is 0 Å². The predicted molar refractivity (Wildman–Crippen MR) is 41.0 cm³/mol. The van der Waals surface area contributed by atoms with Crippen molar-refractivity contribution < 1.29 is 19.8 Å². The van der Waals surface area contributed by atoms with Crippen LogP contribution in [0.4, 0.5) is 0 Å². The summed E-state index contributed by atoms with van der Waals surface area (Å²) in [5.74, 6) is -2.20. The van der Waals surface area contributed by atoms with Gasteiger partial charge in [0.1, 0.15) is 6.04 Å². The first-order valence-corrected chi connectivity index (χ1v) is 2.74. The summed E-state index contributed by atoms with van der Waals surface area (Å²) in [5.41, 5.74) is 5.00. The quantitative estimate of drug-likeness (QED) is 0.538. The van der Waals surface area contributed by atoms with E-state index in [0.29, 0.717) is 0 Å². The van der Waals surface area contributed by atoms with Gasteiger partial charge in [0.2, 0.25) is 0 Å². The zero-order chi connectivity index (χ0) is 8.15. The van der Waals surface area contributed by atoms with Crippen LogP contribution in [-0.2, 0) is 9.59 Å². The fourth-order valence-corrected chi connectivity index (χ4v) is 0.402. The fraction of sp³-hybridized carbons (Fsp3) is 0.600. The fourth-order valence-electron chi connectivity index (χ4n) is 0.402. The molecule has 1 atom stereocenters. The van der Waals surface area contributed by atoms with Gasteiger partial charge in [-0.15, -0.1) is 0 Å². The molecule has 0 saturated carbocycles. The molecule has 0 amide bonds. The van der Waals surface area contributed by atoms with Gasteiger partial charge in [0.25, 0.3) is 0 Å². The van der Waals surface area contributed by atoms with Crippen molar-refractivity contribution in [3.63, 3.8) is 0 Å². The first-order chi connectivity index (χ1) is 4.54. The average molecular weight is 286 g/mol. The van der Waals surface area contributed by atoms with Gasteiger partial charge in [-0.1, -0.05) is 0 Å². The van der Waals surface area contributed by atoms with Crippen LogP contribution in [0.15, 0.2) is 0 Å². The average Bonchev–Trinajstić information content (AvgIpc) is 1.82. The molecule has 0 aromatic heterocycles. The molecule has 62 valence electrons. The van der Waals surface area contributed by atoms with Crippen molar-refractivity contribution >= 4 is 60.8 Å². The van der Waals surface area contributed by atoms with Gasteiger partial charge in [-0.3, -0.25) is 9.59 Å². The Balaban J connectivity index is 0. The van der Waals surface area contributed by atoms with Crippen molar-refractivity contribution in [2.45, 2.75) is 18.9 Å². The van der Waals surface area contributed by atoms with Crippen molar-refractivity contribution in [1.29, 1.82) is 0 Å². The van der Waals surface area contributed by atoms with Gasteiger partial charge < -0.3 is 15.9 Å². The van der Waals surface area contributed by atoms with Crippen LogP contribution in [0, 0.1) is 0 Å². The predicted octanol–water partition coefficient (Wildman–Crippen LogP) is -1.65. The third kappa shape index (κ3) is 8.38. The Morgan fingerprint density at radius 2 is 1.82 bits per heavy atom. The van der Waals surface area contributed by atoms with Crippen molar-refractivity contribution in [3.05, 3.63) is 0 Å². The van der Waals surface area contributed by atoms with E-state index >= 15 is 0 Å². The standard InChI is InChI=1S/C5H9NO4.Ba.2H/c6-3(5(9)10)1-2-4(7)8;;;/h3H,1-2,6H2,(H,7,8)(H,9,10);;;/t3-;;;/m0.../s1. The van der Waals surface area contributed by atoms with Gasteiger partial charge >= 0.3 is 60.8 Å². The maximum atomic E-state index is 9.99. The normalized spacial score (nSPS) is 11.4. The molecule has 0 radical (unpaired) electrons. The second kappa shape index (κ2) is 7.14. The summed E-state index contributed by atoms with van der Waals surface area (Å²) < 4.78 is 0. The second-order valence-corrected chi connectivity index (χ2v) is 1.88. The van der Waals surface area contributed by atoms with Crippen LogP contribution in [0.25, 0.3) is 0 Å². The van der Waals surface area contributed by atoms with E-state index in [1.165, 1.54) is 0 Å². The Bertz CT molecular complexity index is 149. The Morgan fingerprint density at radius 3 is 2.09 bits per heavy atom. The number of carboxylic acid groups (broad SMARTS) is 2. The molecule has 4 N–H and O–H groups in total. The topological polar surface area (TPSA) is 101 Å². The molecule has 0 rings (SSSR count). The summed E-state index contributed by atoms with van der Waals surface area (Å²) in [4.78, 5) is 19.9. The van der Waals surface area contributed by atoms with Crippen molar-refractivity contribution in [1.82, 2.24) is 0 Å². The van der Waals surface area contributed by atoms with Gasteiger partial charge in [-0.05, 0) is 6.42 Å². The van der Waals surface area contributed by atoms with Crippen molar-refractivity contribution in [2.75, 3.05) is 0 Å². The third-order valence-corrected chi connectivity index (χ3v) is 0.986. The molecule has 0 saturated heterocycles. The molecular weight excluding hydrogens is 275 g/mol. The van der Waals surface area contributed by atoms with E-state index in [4.69, 9.17) is 15.9 Å². The van der Waals surface area contributed by atoms with Crippen LogP contribution in [0.3, 0.4) is 0 Å². The number of rotatable bonds is 4. The minimum absolute atomic E-state index is 0. The first kappa shape index (κ1) is 14.0. The SMILES string of the molecule is N[C@@H](CCC(=O)O)C(=O)O.[BaH2]. The number of hydrogen-bond acceptors (Lipinski definition) is 3. The number of nitrogens with two attached hydrogens (primary N) is 1. The Labute approximate surface area is 104 Å². The molecule has 0 aliphatic rings. The van der Waals surface area contributed by atoms with Gasteiger partial charge in [0.05, 0.1) is 0 Å². The Morgan fingerprint density at radius 1 is 1.36 bits per heavy atom. The van der Waals surface area contributed by atoms with E-state index in [1.807, 2.05) is 0 Å². The number of hydrogen-bond donors (Lipinski definition) is 3. The van der Waals surface area contributed by atoms with E-state index in [9.17, 15) is 9.59 Å². The summed E-state index contributed by atoms with van der Waals surface area (Å²) in [6.45, 7) is 0. The molecule has 0 heterocycles. The molecule has 0 aromatic rings. The zero-order valence-electron chi connectivity index (χ0n) is 5.28. The molecule has 0 bridgehead atoms. The van der Waals surface area contributed by atoms with Gasteiger partial charge in [-0.2, -0.15) is 0 Å². The first-order valence-electron chi connectivity index (χ1n) is 2.74. The second-order valence-electron chi connectivity index (χ2n) is 1.88. The van der Waals surface area contributed by atoms with E-state index in [1.54, 1.807) is 0 Å². The maximum absolute atomic E-state index is 9.99. The zero-order valence-corrected chi connectivity index (χ0v) is 5.28. The third-order valence-electron chi connectivity index (χ3n) is 0.986. The van der Waals surface area contributed by atoms with Crippen LogP contribution in [-0.4, -0.2) is 77.1 Å². The van der Waals surface area contributed by atoms with Gasteiger partial charge in [0, 0.05) is 6.42 Å².